The summed E-state index contributed by atoms with van der Waals surface area (Å²) in [4.78, 5) is 12.1. The Morgan fingerprint density at radius 1 is 1.48 bits per heavy atom. The fraction of sp³-hybridized carbons (Fsp3) is 0.333. The van der Waals surface area contributed by atoms with Crippen LogP contribution in [0.25, 0.3) is 0 Å². The molecule has 1 heterocycles. The van der Waals surface area contributed by atoms with Crippen LogP contribution in [0, 0.1) is 6.92 Å². The maximum absolute atomic E-state index is 12.1. The number of carbonyl (C=O) groups excluding carboxylic acids is 1. The Labute approximate surface area is 127 Å². The Morgan fingerprint density at radius 2 is 2.29 bits per heavy atom. The molecule has 0 aliphatic heterocycles. The third-order valence-corrected chi connectivity index (χ3v) is 4.18. The highest BCUT2D eigenvalue weighted by atomic mass is 35.5. The highest BCUT2D eigenvalue weighted by molar-refractivity contribution is 6.34. The first-order chi connectivity index (χ1) is 10.0. The van der Waals surface area contributed by atoms with Crippen molar-refractivity contribution in [2.45, 2.75) is 32.2 Å². The fourth-order valence-electron chi connectivity index (χ4n) is 2.55. The van der Waals surface area contributed by atoms with Gasteiger partial charge in [-0.3, -0.25) is 4.79 Å². The molecule has 1 amide bonds. The maximum atomic E-state index is 12.1. The minimum Gasteiger partial charge on any atom is -0.359 e. The summed E-state index contributed by atoms with van der Waals surface area (Å²) in [5.41, 5.74) is 9.28. The second-order valence-corrected chi connectivity index (χ2v) is 5.72. The molecule has 2 aromatic rings. The van der Waals surface area contributed by atoms with E-state index in [2.05, 4.69) is 10.5 Å². The Hall–Kier alpha value is -1.85. The van der Waals surface area contributed by atoms with Crippen molar-refractivity contribution in [3.63, 3.8) is 0 Å². The van der Waals surface area contributed by atoms with Crippen LogP contribution in [0.2, 0.25) is 5.02 Å². The van der Waals surface area contributed by atoms with Gasteiger partial charge in [0.1, 0.15) is 5.02 Å². The predicted molar refractivity (Wildman–Crippen MR) is 80.6 cm³/mol. The largest absolute Gasteiger partial charge is 0.359 e. The lowest BCUT2D eigenvalue weighted by Gasteiger charge is -2.21. The smallest absolute Gasteiger partial charge is 0.279 e. The summed E-state index contributed by atoms with van der Waals surface area (Å²) in [7, 11) is 0. The number of amides is 1. The van der Waals surface area contributed by atoms with Gasteiger partial charge in [-0.25, -0.2) is 0 Å². The summed E-state index contributed by atoms with van der Waals surface area (Å²) in [5, 5.41) is 6.72. The first-order valence-corrected chi connectivity index (χ1v) is 7.23. The van der Waals surface area contributed by atoms with E-state index in [9.17, 15) is 4.79 Å². The molecule has 0 spiro atoms. The van der Waals surface area contributed by atoms with Crippen LogP contribution in [0.5, 0.6) is 0 Å². The van der Waals surface area contributed by atoms with Crippen molar-refractivity contribution in [1.82, 2.24) is 5.16 Å². The number of aromatic nitrogens is 1. The molecule has 0 saturated carbocycles. The van der Waals surface area contributed by atoms with Crippen LogP contribution in [0.3, 0.4) is 0 Å². The molecule has 0 bridgehead atoms. The molecule has 0 radical (unpaired) electrons. The van der Waals surface area contributed by atoms with Gasteiger partial charge in [0.15, 0.2) is 11.5 Å². The molecule has 1 aliphatic carbocycles. The van der Waals surface area contributed by atoms with Crippen LogP contribution in [-0.4, -0.2) is 17.1 Å². The quantitative estimate of drug-likeness (QED) is 0.894. The third kappa shape index (κ3) is 2.80. The van der Waals surface area contributed by atoms with Gasteiger partial charge < -0.3 is 15.6 Å². The highest BCUT2D eigenvalue weighted by Crippen LogP contribution is 2.25. The van der Waals surface area contributed by atoms with Crippen molar-refractivity contribution in [1.29, 1.82) is 0 Å². The maximum Gasteiger partial charge on any atom is 0.279 e. The number of rotatable bonds is 2. The molecule has 3 N–H and O–H groups in total. The van der Waals surface area contributed by atoms with Gasteiger partial charge in [-0.2, -0.15) is 0 Å². The molecule has 1 atom stereocenters. The van der Waals surface area contributed by atoms with Crippen LogP contribution in [0.1, 0.15) is 33.8 Å². The zero-order valence-corrected chi connectivity index (χ0v) is 12.4. The van der Waals surface area contributed by atoms with Gasteiger partial charge in [0.25, 0.3) is 5.91 Å². The van der Waals surface area contributed by atoms with E-state index in [1.807, 2.05) is 18.2 Å². The SMILES string of the molecule is Cc1onc(C(=O)Nc2ccc3c(c2)CCC(N)C3)c1Cl. The number of fused-ring (bicyclic) bond motifs is 1. The molecule has 5 nitrogen and oxygen atoms in total. The van der Waals surface area contributed by atoms with E-state index >= 15 is 0 Å². The van der Waals surface area contributed by atoms with E-state index in [1.54, 1.807) is 6.92 Å². The highest BCUT2D eigenvalue weighted by Gasteiger charge is 2.20. The van der Waals surface area contributed by atoms with Crippen LogP contribution in [0.15, 0.2) is 22.7 Å². The molecule has 1 unspecified atom stereocenters. The normalized spacial score (nSPS) is 17.4. The molecule has 21 heavy (non-hydrogen) atoms. The van der Waals surface area contributed by atoms with Gasteiger partial charge in [0, 0.05) is 11.7 Å². The van der Waals surface area contributed by atoms with Gasteiger partial charge in [0.05, 0.1) is 0 Å². The number of nitrogens with two attached hydrogens (primary N) is 1. The van der Waals surface area contributed by atoms with Gasteiger partial charge >= 0.3 is 0 Å². The van der Waals surface area contributed by atoms with E-state index in [1.165, 1.54) is 11.1 Å². The standard InChI is InChI=1S/C15H16ClN3O2/c1-8-13(16)14(19-21-8)15(20)18-12-5-3-9-6-11(17)4-2-10(9)7-12/h3,5,7,11H,2,4,6,17H2,1H3,(H,18,20). The van der Waals surface area contributed by atoms with E-state index < -0.39 is 0 Å². The number of nitrogens with zero attached hydrogens (tertiary/aromatic N) is 1. The van der Waals surface area contributed by atoms with Crippen LogP contribution in [-0.2, 0) is 12.8 Å². The van der Waals surface area contributed by atoms with E-state index in [-0.39, 0.29) is 22.7 Å². The van der Waals surface area contributed by atoms with Crippen molar-refractivity contribution in [3.05, 3.63) is 45.8 Å². The van der Waals surface area contributed by atoms with Crippen molar-refractivity contribution in [3.8, 4) is 0 Å². The van der Waals surface area contributed by atoms with Crippen molar-refractivity contribution in [2.75, 3.05) is 5.32 Å². The molecular weight excluding hydrogens is 290 g/mol. The zero-order chi connectivity index (χ0) is 15.0. The average Bonchev–Trinajstić information content (AvgIpc) is 2.79. The summed E-state index contributed by atoms with van der Waals surface area (Å²) < 4.78 is 4.90. The van der Waals surface area contributed by atoms with E-state index in [4.69, 9.17) is 21.9 Å². The molecule has 1 aliphatic rings. The number of benzene rings is 1. The summed E-state index contributed by atoms with van der Waals surface area (Å²) in [6, 6.07) is 6.10. The van der Waals surface area contributed by atoms with Crippen molar-refractivity contribution >= 4 is 23.2 Å². The molecule has 110 valence electrons. The summed E-state index contributed by atoms with van der Waals surface area (Å²) >= 11 is 5.97. The zero-order valence-electron chi connectivity index (χ0n) is 11.6. The lowest BCUT2D eigenvalue weighted by atomic mass is 9.88. The van der Waals surface area contributed by atoms with Gasteiger partial charge in [-0.1, -0.05) is 22.8 Å². The Bertz CT molecular complexity index is 696. The minimum absolute atomic E-state index is 0.105. The van der Waals surface area contributed by atoms with Crippen LogP contribution in [0.4, 0.5) is 5.69 Å². The van der Waals surface area contributed by atoms with Gasteiger partial charge in [0.2, 0.25) is 0 Å². The lowest BCUT2D eigenvalue weighted by molar-refractivity contribution is 0.101. The number of carbonyl (C=O) groups is 1. The van der Waals surface area contributed by atoms with E-state index in [0.717, 1.165) is 24.9 Å². The number of anilines is 1. The number of aryl methyl sites for hydroxylation is 2. The molecule has 3 rings (SSSR count). The second-order valence-electron chi connectivity index (χ2n) is 5.34. The Balaban J connectivity index is 1.79. The fourth-order valence-corrected chi connectivity index (χ4v) is 2.71. The number of hydrogen-bond acceptors (Lipinski definition) is 4. The molecule has 0 fully saturated rings. The van der Waals surface area contributed by atoms with E-state index in [0.29, 0.717) is 5.76 Å². The average molecular weight is 306 g/mol. The molecule has 0 saturated heterocycles. The monoisotopic (exact) mass is 305 g/mol. The van der Waals surface area contributed by atoms with Crippen LogP contribution < -0.4 is 11.1 Å². The molecule has 6 heteroatoms. The van der Waals surface area contributed by atoms with Crippen molar-refractivity contribution < 1.29 is 9.32 Å². The lowest BCUT2D eigenvalue weighted by Crippen LogP contribution is -2.27. The van der Waals surface area contributed by atoms with Crippen LogP contribution >= 0.6 is 11.6 Å². The summed E-state index contributed by atoms with van der Waals surface area (Å²) in [6.07, 6.45) is 2.79. The minimum atomic E-state index is -0.371. The number of nitrogens with one attached hydrogen (secondary N) is 1. The summed E-state index contributed by atoms with van der Waals surface area (Å²) in [6.45, 7) is 1.66. The Kier molecular flexibility index (Phi) is 3.69. The number of halogens is 1. The third-order valence-electron chi connectivity index (χ3n) is 3.74. The predicted octanol–water partition coefficient (Wildman–Crippen LogP) is 2.70. The van der Waals surface area contributed by atoms with Gasteiger partial charge in [-0.15, -0.1) is 0 Å². The number of hydrogen-bond donors (Lipinski definition) is 2. The molecule has 1 aromatic carbocycles. The van der Waals surface area contributed by atoms with Crippen molar-refractivity contribution in [2.24, 2.45) is 5.73 Å². The summed E-state index contributed by atoms with van der Waals surface area (Å²) in [5.74, 6) is 0.0607. The second kappa shape index (κ2) is 5.50. The Morgan fingerprint density at radius 3 is 3.00 bits per heavy atom. The van der Waals surface area contributed by atoms with Gasteiger partial charge in [-0.05, 0) is 49.4 Å². The molecular formula is C15H16ClN3O2. The topological polar surface area (TPSA) is 81.2 Å². The first kappa shape index (κ1) is 14.1. The molecule has 1 aromatic heterocycles. The first-order valence-electron chi connectivity index (χ1n) is 6.85.